The largest absolute Gasteiger partial charge is 0.497 e. The highest BCUT2D eigenvalue weighted by atomic mass is 16.5. The third kappa shape index (κ3) is 3.98. The summed E-state index contributed by atoms with van der Waals surface area (Å²) in [6, 6.07) is 17.1. The summed E-state index contributed by atoms with van der Waals surface area (Å²) in [5.74, 6) is 2.52. The van der Waals surface area contributed by atoms with Crippen LogP contribution < -0.4 is 23.8 Å². The molecule has 0 radical (unpaired) electrons. The Kier molecular flexibility index (Phi) is 6.22. The number of carbonyl (C=O) groups excluding carboxylic acids is 1. The minimum atomic E-state index is -0.107. The molecule has 1 aliphatic heterocycles. The fourth-order valence-electron chi connectivity index (χ4n) is 3.99. The molecule has 7 heteroatoms. The molecular weight excluding hydrogens is 420 g/mol. The Bertz CT molecular complexity index is 1200. The molecule has 4 rings (SSSR count). The van der Waals surface area contributed by atoms with Gasteiger partial charge in [0.1, 0.15) is 29.5 Å². The van der Waals surface area contributed by atoms with Gasteiger partial charge in [-0.15, -0.1) is 0 Å². The minimum absolute atomic E-state index is 0.0438. The molecule has 0 atom stereocenters. The van der Waals surface area contributed by atoms with E-state index in [0.717, 1.165) is 28.0 Å². The molecule has 0 bridgehead atoms. The SMILES string of the molecule is COc1ccc(C2=NCC(=O)N(C)c3cc(OC)c(-c4c(OC)cccc4OC)cc32)cc1. The Balaban J connectivity index is 2.01. The van der Waals surface area contributed by atoms with Crippen LogP contribution in [0.2, 0.25) is 0 Å². The van der Waals surface area contributed by atoms with Crippen LogP contribution in [0, 0.1) is 0 Å². The van der Waals surface area contributed by atoms with Crippen LogP contribution in [0.4, 0.5) is 5.69 Å². The lowest BCUT2D eigenvalue weighted by Gasteiger charge is -2.22. The van der Waals surface area contributed by atoms with Gasteiger partial charge in [-0.25, -0.2) is 0 Å². The van der Waals surface area contributed by atoms with E-state index in [9.17, 15) is 4.79 Å². The van der Waals surface area contributed by atoms with E-state index in [1.807, 2.05) is 54.6 Å². The fraction of sp³-hybridized carbons (Fsp3) is 0.231. The van der Waals surface area contributed by atoms with Gasteiger partial charge in [-0.2, -0.15) is 0 Å². The van der Waals surface area contributed by atoms with E-state index in [0.29, 0.717) is 28.6 Å². The summed E-state index contributed by atoms with van der Waals surface area (Å²) in [6.07, 6.45) is 0. The Hall–Kier alpha value is -4.00. The van der Waals surface area contributed by atoms with Gasteiger partial charge in [-0.3, -0.25) is 9.79 Å². The first-order valence-corrected chi connectivity index (χ1v) is 10.4. The van der Waals surface area contributed by atoms with Crippen molar-refractivity contribution < 1.29 is 23.7 Å². The number of benzene rings is 3. The standard InChI is InChI=1S/C26H26N2O5/c1-28-20-14-23(33-5)19(25-21(31-3)7-6-8-22(25)32-4)13-18(20)26(27-15-24(28)29)16-9-11-17(30-2)12-10-16/h6-14H,15H2,1-5H3. The van der Waals surface area contributed by atoms with Crippen molar-refractivity contribution in [1.82, 2.24) is 0 Å². The Labute approximate surface area is 193 Å². The molecule has 0 unspecified atom stereocenters. The van der Waals surface area contributed by atoms with E-state index in [2.05, 4.69) is 4.99 Å². The zero-order valence-corrected chi connectivity index (χ0v) is 19.3. The molecular formula is C26H26N2O5. The van der Waals surface area contributed by atoms with Crippen LogP contribution in [-0.2, 0) is 4.79 Å². The average Bonchev–Trinajstić information content (AvgIpc) is 2.98. The lowest BCUT2D eigenvalue weighted by Crippen LogP contribution is -2.27. The lowest BCUT2D eigenvalue weighted by atomic mass is 9.93. The van der Waals surface area contributed by atoms with Crippen molar-refractivity contribution >= 4 is 17.3 Å². The van der Waals surface area contributed by atoms with Crippen LogP contribution in [0.1, 0.15) is 11.1 Å². The summed E-state index contributed by atoms with van der Waals surface area (Å²) >= 11 is 0. The normalized spacial score (nSPS) is 13.1. The van der Waals surface area contributed by atoms with Crippen LogP contribution >= 0.6 is 0 Å². The number of anilines is 1. The molecule has 33 heavy (non-hydrogen) atoms. The van der Waals surface area contributed by atoms with E-state index in [-0.39, 0.29) is 12.5 Å². The molecule has 3 aromatic rings. The predicted molar refractivity (Wildman–Crippen MR) is 128 cm³/mol. The van der Waals surface area contributed by atoms with Crippen molar-refractivity contribution in [3.05, 3.63) is 65.7 Å². The molecule has 0 N–H and O–H groups in total. The molecule has 0 aliphatic carbocycles. The van der Waals surface area contributed by atoms with Gasteiger partial charge in [0, 0.05) is 29.8 Å². The van der Waals surface area contributed by atoms with E-state index in [1.165, 1.54) is 0 Å². The number of likely N-dealkylation sites (N-methyl/N-ethyl adjacent to an activating group) is 1. The van der Waals surface area contributed by atoms with E-state index < -0.39 is 0 Å². The number of hydrogen-bond acceptors (Lipinski definition) is 6. The fourth-order valence-corrected chi connectivity index (χ4v) is 3.99. The number of amides is 1. The number of hydrogen-bond donors (Lipinski definition) is 0. The first-order valence-electron chi connectivity index (χ1n) is 10.4. The zero-order valence-electron chi connectivity index (χ0n) is 19.3. The van der Waals surface area contributed by atoms with Crippen LogP contribution in [0.15, 0.2) is 59.6 Å². The summed E-state index contributed by atoms with van der Waals surface area (Å²) in [6.45, 7) is 0.0438. The van der Waals surface area contributed by atoms with Crippen molar-refractivity contribution in [2.75, 3.05) is 46.9 Å². The maximum absolute atomic E-state index is 12.7. The molecule has 0 spiro atoms. The third-order valence-corrected chi connectivity index (χ3v) is 5.74. The van der Waals surface area contributed by atoms with Gasteiger partial charge in [0.05, 0.1) is 45.4 Å². The average molecular weight is 447 g/mol. The van der Waals surface area contributed by atoms with Crippen LogP contribution in [0.25, 0.3) is 11.1 Å². The molecule has 0 saturated heterocycles. The van der Waals surface area contributed by atoms with E-state index >= 15 is 0 Å². The first-order chi connectivity index (χ1) is 16.0. The van der Waals surface area contributed by atoms with Gasteiger partial charge < -0.3 is 23.8 Å². The van der Waals surface area contributed by atoms with Crippen LogP contribution in [-0.4, -0.2) is 53.7 Å². The number of aliphatic imine (C=N–C) groups is 1. The topological polar surface area (TPSA) is 69.6 Å². The number of ether oxygens (including phenoxy) is 4. The number of nitrogens with zero attached hydrogens (tertiary/aromatic N) is 2. The Morgan fingerprint density at radius 3 is 2.00 bits per heavy atom. The minimum Gasteiger partial charge on any atom is -0.497 e. The molecule has 7 nitrogen and oxygen atoms in total. The van der Waals surface area contributed by atoms with Crippen molar-refractivity contribution in [1.29, 1.82) is 0 Å². The van der Waals surface area contributed by atoms with Gasteiger partial charge in [-0.1, -0.05) is 6.07 Å². The second kappa shape index (κ2) is 9.24. The van der Waals surface area contributed by atoms with Gasteiger partial charge in [-0.05, 0) is 42.5 Å². The molecule has 3 aromatic carbocycles. The summed E-state index contributed by atoms with van der Waals surface area (Å²) < 4.78 is 22.3. The molecule has 1 heterocycles. The molecule has 1 aliphatic rings. The lowest BCUT2D eigenvalue weighted by molar-refractivity contribution is -0.116. The molecule has 1 amide bonds. The summed E-state index contributed by atoms with van der Waals surface area (Å²) in [5, 5.41) is 0. The van der Waals surface area contributed by atoms with Gasteiger partial charge in [0.15, 0.2) is 0 Å². The summed E-state index contributed by atoms with van der Waals surface area (Å²) in [7, 11) is 8.20. The highest BCUT2D eigenvalue weighted by molar-refractivity contribution is 6.20. The number of fused-ring (bicyclic) bond motifs is 1. The first kappa shape index (κ1) is 22.2. The molecule has 0 aromatic heterocycles. The molecule has 0 saturated carbocycles. The van der Waals surface area contributed by atoms with Crippen molar-refractivity contribution in [2.24, 2.45) is 4.99 Å². The second-order valence-electron chi connectivity index (χ2n) is 7.45. The monoisotopic (exact) mass is 446 g/mol. The Morgan fingerprint density at radius 1 is 0.788 bits per heavy atom. The quantitative estimate of drug-likeness (QED) is 0.568. The predicted octanol–water partition coefficient (Wildman–Crippen LogP) is 4.20. The second-order valence-corrected chi connectivity index (χ2v) is 7.45. The highest BCUT2D eigenvalue weighted by Crippen LogP contribution is 2.45. The van der Waals surface area contributed by atoms with Crippen molar-refractivity contribution in [3.63, 3.8) is 0 Å². The van der Waals surface area contributed by atoms with E-state index in [1.54, 1.807) is 40.4 Å². The highest BCUT2D eigenvalue weighted by Gasteiger charge is 2.27. The van der Waals surface area contributed by atoms with Gasteiger partial charge >= 0.3 is 0 Å². The number of carbonyl (C=O) groups is 1. The van der Waals surface area contributed by atoms with Gasteiger partial charge in [0.25, 0.3) is 0 Å². The van der Waals surface area contributed by atoms with Crippen molar-refractivity contribution in [2.45, 2.75) is 0 Å². The Morgan fingerprint density at radius 2 is 1.42 bits per heavy atom. The van der Waals surface area contributed by atoms with Crippen LogP contribution in [0.5, 0.6) is 23.0 Å². The maximum Gasteiger partial charge on any atom is 0.248 e. The maximum atomic E-state index is 12.7. The summed E-state index contributed by atoms with van der Waals surface area (Å²) in [5.41, 5.74) is 4.63. The third-order valence-electron chi connectivity index (χ3n) is 5.74. The number of methoxy groups -OCH3 is 4. The number of rotatable bonds is 6. The smallest absolute Gasteiger partial charge is 0.248 e. The molecule has 170 valence electrons. The van der Waals surface area contributed by atoms with Crippen molar-refractivity contribution in [3.8, 4) is 34.1 Å². The van der Waals surface area contributed by atoms with Crippen LogP contribution in [0.3, 0.4) is 0 Å². The zero-order chi connectivity index (χ0) is 23.5. The van der Waals surface area contributed by atoms with Gasteiger partial charge in [0.2, 0.25) is 5.91 Å². The van der Waals surface area contributed by atoms with E-state index in [4.69, 9.17) is 18.9 Å². The molecule has 0 fully saturated rings. The summed E-state index contributed by atoms with van der Waals surface area (Å²) in [4.78, 5) is 19.0. The number of benzodiazepines with no additional fused rings is 1.